The van der Waals surface area contributed by atoms with Crippen LogP contribution < -0.4 is 5.32 Å². The number of imidazole rings is 1. The molecular formula is C14H19N3OS. The van der Waals surface area contributed by atoms with Gasteiger partial charge in [0.1, 0.15) is 5.69 Å². The van der Waals surface area contributed by atoms with Crippen molar-refractivity contribution < 1.29 is 4.79 Å². The summed E-state index contributed by atoms with van der Waals surface area (Å²) in [4.78, 5) is 18.7. The topological polar surface area (TPSA) is 46.4 Å². The number of thiazole rings is 1. The van der Waals surface area contributed by atoms with E-state index < -0.39 is 0 Å². The minimum Gasteiger partial charge on any atom is -0.348 e. The van der Waals surface area contributed by atoms with Crippen LogP contribution >= 0.6 is 11.3 Å². The molecule has 2 aromatic rings. The van der Waals surface area contributed by atoms with Crippen molar-refractivity contribution in [3.63, 3.8) is 0 Å². The van der Waals surface area contributed by atoms with Crippen LogP contribution in [0.2, 0.25) is 0 Å². The van der Waals surface area contributed by atoms with Crippen LogP contribution in [-0.4, -0.2) is 21.3 Å². The average Bonchev–Trinajstić information content (AvgIpc) is 2.78. The largest absolute Gasteiger partial charge is 0.348 e. The molecule has 1 aliphatic carbocycles. The zero-order valence-electron chi connectivity index (χ0n) is 11.2. The third-order valence-corrected chi connectivity index (χ3v) is 4.61. The monoisotopic (exact) mass is 277 g/mol. The molecule has 1 fully saturated rings. The van der Waals surface area contributed by atoms with Crippen molar-refractivity contribution in [1.29, 1.82) is 0 Å². The van der Waals surface area contributed by atoms with Crippen molar-refractivity contribution in [3.05, 3.63) is 23.0 Å². The maximum atomic E-state index is 12.2. The second-order valence-electron chi connectivity index (χ2n) is 5.32. The minimum absolute atomic E-state index is 0.0274. The number of nitrogens with zero attached hydrogens (tertiary/aromatic N) is 2. The molecular weight excluding hydrogens is 258 g/mol. The van der Waals surface area contributed by atoms with Crippen molar-refractivity contribution in [2.45, 2.75) is 51.5 Å². The van der Waals surface area contributed by atoms with Crippen LogP contribution in [0.1, 0.15) is 53.9 Å². The van der Waals surface area contributed by atoms with E-state index in [1.165, 1.54) is 30.6 Å². The van der Waals surface area contributed by atoms with E-state index in [4.69, 9.17) is 0 Å². The van der Waals surface area contributed by atoms with Crippen LogP contribution in [-0.2, 0) is 0 Å². The summed E-state index contributed by atoms with van der Waals surface area (Å²) in [6.45, 7) is 2.05. The molecule has 2 aromatic heterocycles. The third kappa shape index (κ3) is 2.81. The van der Waals surface area contributed by atoms with Gasteiger partial charge in [-0.1, -0.05) is 25.7 Å². The number of carbonyl (C=O) groups excluding carboxylic acids is 1. The minimum atomic E-state index is -0.0274. The van der Waals surface area contributed by atoms with Gasteiger partial charge in [0.15, 0.2) is 4.96 Å². The lowest BCUT2D eigenvalue weighted by Gasteiger charge is -2.14. The van der Waals surface area contributed by atoms with E-state index in [2.05, 4.69) is 10.3 Å². The Bertz CT molecular complexity index is 547. The Hall–Kier alpha value is -1.36. The SMILES string of the molecule is Cc1cn2cc(C(=O)NC3CCCCCC3)nc2s1. The van der Waals surface area contributed by atoms with E-state index in [1.807, 2.05) is 23.7 Å². The van der Waals surface area contributed by atoms with E-state index in [9.17, 15) is 4.79 Å². The van der Waals surface area contributed by atoms with Gasteiger partial charge in [-0.05, 0) is 19.8 Å². The number of rotatable bonds is 2. The first-order valence-corrected chi connectivity index (χ1v) is 7.80. The molecule has 1 saturated carbocycles. The fourth-order valence-corrected chi connectivity index (χ4v) is 3.51. The second-order valence-corrected chi connectivity index (χ2v) is 6.53. The Morgan fingerprint density at radius 3 is 2.74 bits per heavy atom. The number of hydrogen-bond donors (Lipinski definition) is 1. The van der Waals surface area contributed by atoms with Crippen LogP contribution in [0.25, 0.3) is 4.96 Å². The Balaban J connectivity index is 1.70. The second kappa shape index (κ2) is 5.33. The van der Waals surface area contributed by atoms with Crippen molar-refractivity contribution >= 4 is 22.2 Å². The molecule has 1 N–H and O–H groups in total. The molecule has 0 unspecified atom stereocenters. The van der Waals surface area contributed by atoms with Crippen molar-refractivity contribution in [2.75, 3.05) is 0 Å². The predicted octanol–water partition coefficient (Wildman–Crippen LogP) is 3.16. The molecule has 1 amide bonds. The Labute approximate surface area is 116 Å². The normalized spacial score (nSPS) is 17.5. The smallest absolute Gasteiger partial charge is 0.271 e. The summed E-state index contributed by atoms with van der Waals surface area (Å²) in [7, 11) is 0. The van der Waals surface area contributed by atoms with Gasteiger partial charge < -0.3 is 5.32 Å². The summed E-state index contributed by atoms with van der Waals surface area (Å²) >= 11 is 1.61. The fraction of sp³-hybridized carbons (Fsp3) is 0.571. The molecule has 3 rings (SSSR count). The van der Waals surface area contributed by atoms with Crippen molar-refractivity contribution in [1.82, 2.24) is 14.7 Å². The van der Waals surface area contributed by atoms with Gasteiger partial charge >= 0.3 is 0 Å². The molecule has 0 radical (unpaired) electrons. The molecule has 0 atom stereocenters. The van der Waals surface area contributed by atoms with Gasteiger partial charge in [0.25, 0.3) is 5.91 Å². The van der Waals surface area contributed by atoms with Crippen LogP contribution in [0.15, 0.2) is 12.4 Å². The average molecular weight is 277 g/mol. The summed E-state index contributed by atoms with van der Waals surface area (Å²) in [6, 6.07) is 0.330. The highest BCUT2D eigenvalue weighted by molar-refractivity contribution is 7.17. The molecule has 1 aliphatic rings. The quantitative estimate of drug-likeness (QED) is 0.857. The summed E-state index contributed by atoms with van der Waals surface area (Å²) in [5, 5.41) is 3.13. The van der Waals surface area contributed by atoms with Gasteiger partial charge in [-0.2, -0.15) is 0 Å². The van der Waals surface area contributed by atoms with Gasteiger partial charge in [-0.3, -0.25) is 9.20 Å². The summed E-state index contributed by atoms with van der Waals surface area (Å²) in [5.74, 6) is -0.0274. The number of amides is 1. The fourth-order valence-electron chi connectivity index (χ4n) is 2.70. The predicted molar refractivity (Wildman–Crippen MR) is 76.8 cm³/mol. The van der Waals surface area contributed by atoms with E-state index >= 15 is 0 Å². The molecule has 2 heterocycles. The lowest BCUT2D eigenvalue weighted by Crippen LogP contribution is -2.34. The number of aromatic nitrogens is 2. The van der Waals surface area contributed by atoms with Gasteiger partial charge in [0.05, 0.1) is 0 Å². The first-order valence-electron chi connectivity index (χ1n) is 6.98. The highest BCUT2D eigenvalue weighted by Crippen LogP contribution is 2.19. The highest BCUT2D eigenvalue weighted by atomic mass is 32.1. The zero-order valence-corrected chi connectivity index (χ0v) is 12.0. The Morgan fingerprint density at radius 1 is 1.32 bits per heavy atom. The highest BCUT2D eigenvalue weighted by Gasteiger charge is 2.18. The summed E-state index contributed by atoms with van der Waals surface area (Å²) < 4.78 is 1.93. The molecule has 19 heavy (non-hydrogen) atoms. The Kier molecular flexibility index (Phi) is 3.55. The molecule has 0 spiro atoms. The molecule has 102 valence electrons. The van der Waals surface area contributed by atoms with Crippen LogP contribution in [0, 0.1) is 6.92 Å². The third-order valence-electron chi connectivity index (χ3n) is 3.69. The molecule has 0 bridgehead atoms. The van der Waals surface area contributed by atoms with Gasteiger partial charge in [-0.15, -0.1) is 11.3 Å². The number of carbonyl (C=O) groups is 1. The molecule has 0 saturated heterocycles. The zero-order chi connectivity index (χ0) is 13.2. The molecule has 5 heteroatoms. The lowest BCUT2D eigenvalue weighted by molar-refractivity contribution is 0.0929. The van der Waals surface area contributed by atoms with Crippen LogP contribution in [0.5, 0.6) is 0 Å². The first-order chi connectivity index (χ1) is 9.22. The molecule has 4 nitrogen and oxygen atoms in total. The number of hydrogen-bond acceptors (Lipinski definition) is 3. The van der Waals surface area contributed by atoms with E-state index in [-0.39, 0.29) is 5.91 Å². The molecule has 0 aromatic carbocycles. The first kappa shape index (κ1) is 12.7. The molecule has 0 aliphatic heterocycles. The van der Waals surface area contributed by atoms with Crippen LogP contribution in [0.4, 0.5) is 0 Å². The number of aryl methyl sites for hydroxylation is 1. The van der Waals surface area contributed by atoms with Gasteiger partial charge in [0, 0.05) is 23.3 Å². The number of fused-ring (bicyclic) bond motifs is 1. The lowest BCUT2D eigenvalue weighted by atomic mass is 10.1. The van der Waals surface area contributed by atoms with Crippen molar-refractivity contribution in [2.24, 2.45) is 0 Å². The van der Waals surface area contributed by atoms with E-state index in [0.717, 1.165) is 17.8 Å². The Morgan fingerprint density at radius 2 is 2.05 bits per heavy atom. The van der Waals surface area contributed by atoms with E-state index in [0.29, 0.717) is 11.7 Å². The van der Waals surface area contributed by atoms with Gasteiger partial charge in [0.2, 0.25) is 0 Å². The maximum absolute atomic E-state index is 12.2. The van der Waals surface area contributed by atoms with E-state index in [1.54, 1.807) is 11.3 Å². The summed E-state index contributed by atoms with van der Waals surface area (Å²) in [5.41, 5.74) is 0.537. The van der Waals surface area contributed by atoms with Crippen LogP contribution in [0.3, 0.4) is 0 Å². The number of nitrogens with one attached hydrogen (secondary N) is 1. The van der Waals surface area contributed by atoms with Gasteiger partial charge in [-0.25, -0.2) is 4.98 Å². The standard InChI is InChI=1S/C14H19N3OS/c1-10-8-17-9-12(16-14(17)19-10)13(18)15-11-6-4-2-3-5-7-11/h8-9,11H,2-7H2,1H3,(H,15,18). The summed E-state index contributed by atoms with van der Waals surface area (Å²) in [6.07, 6.45) is 11.1. The van der Waals surface area contributed by atoms with Crippen molar-refractivity contribution in [3.8, 4) is 0 Å². The maximum Gasteiger partial charge on any atom is 0.271 e.